The van der Waals surface area contributed by atoms with Crippen LogP contribution in [-0.4, -0.2) is 4.98 Å². The Kier molecular flexibility index (Phi) is 4.33. The van der Waals surface area contributed by atoms with Gasteiger partial charge in [-0.2, -0.15) is 0 Å². The number of hydrogen-bond donors (Lipinski definition) is 1. The number of aromatic nitrogens is 1. The number of halogens is 1. The molecule has 0 fully saturated rings. The van der Waals surface area contributed by atoms with Crippen molar-refractivity contribution >= 4 is 15.9 Å². The second-order valence-corrected chi connectivity index (χ2v) is 5.05. The molecule has 0 bridgehead atoms. The summed E-state index contributed by atoms with van der Waals surface area (Å²) in [6.07, 6.45) is 1.75. The number of nitrogens with two attached hydrogens (primary N) is 1. The van der Waals surface area contributed by atoms with Crippen LogP contribution in [0.1, 0.15) is 24.1 Å². The van der Waals surface area contributed by atoms with Gasteiger partial charge in [0.15, 0.2) is 0 Å². The van der Waals surface area contributed by atoms with E-state index in [0.717, 1.165) is 15.6 Å². The third-order valence-electron chi connectivity index (χ3n) is 2.56. The molecule has 3 nitrogen and oxygen atoms in total. The van der Waals surface area contributed by atoms with E-state index in [4.69, 9.17) is 10.5 Å². The minimum absolute atomic E-state index is 0.00312. The molecular weight excluding hydrogens is 292 g/mol. The molecule has 0 aliphatic heterocycles. The van der Waals surface area contributed by atoms with Gasteiger partial charge in [0.05, 0.1) is 0 Å². The monoisotopic (exact) mass is 306 g/mol. The van der Waals surface area contributed by atoms with Gasteiger partial charge in [-0.3, -0.25) is 0 Å². The highest BCUT2D eigenvalue weighted by molar-refractivity contribution is 9.10. The van der Waals surface area contributed by atoms with Crippen LogP contribution in [0.5, 0.6) is 5.88 Å². The zero-order valence-corrected chi connectivity index (χ0v) is 11.7. The smallest absolute Gasteiger partial charge is 0.213 e. The zero-order valence-electron chi connectivity index (χ0n) is 10.1. The fourth-order valence-electron chi connectivity index (χ4n) is 1.53. The first-order valence-corrected chi connectivity index (χ1v) is 6.53. The van der Waals surface area contributed by atoms with Crippen LogP contribution in [0, 0.1) is 0 Å². The Bertz CT molecular complexity index is 511. The molecule has 0 aliphatic rings. The Hall–Kier alpha value is -1.39. The molecule has 0 amide bonds. The first kappa shape index (κ1) is 13.1. The highest BCUT2D eigenvalue weighted by atomic mass is 79.9. The van der Waals surface area contributed by atoms with E-state index < -0.39 is 0 Å². The largest absolute Gasteiger partial charge is 0.473 e. The summed E-state index contributed by atoms with van der Waals surface area (Å²) >= 11 is 3.43. The summed E-state index contributed by atoms with van der Waals surface area (Å²) in [5.74, 6) is 0.611. The van der Waals surface area contributed by atoms with Crippen molar-refractivity contribution in [2.75, 3.05) is 0 Å². The van der Waals surface area contributed by atoms with Gasteiger partial charge < -0.3 is 10.5 Å². The average Bonchev–Trinajstić information content (AvgIpc) is 2.37. The van der Waals surface area contributed by atoms with Crippen molar-refractivity contribution in [2.24, 2.45) is 5.73 Å². The number of nitrogens with zero attached hydrogens (tertiary/aromatic N) is 1. The number of hydrogen-bond acceptors (Lipinski definition) is 3. The SMILES string of the molecule is C[C@@H](N)c1ccc(OCc2cccc(Br)c2)nc1. The summed E-state index contributed by atoms with van der Waals surface area (Å²) in [4.78, 5) is 4.22. The van der Waals surface area contributed by atoms with Crippen LogP contribution >= 0.6 is 15.9 Å². The first-order chi connectivity index (χ1) is 8.65. The van der Waals surface area contributed by atoms with E-state index in [9.17, 15) is 0 Å². The van der Waals surface area contributed by atoms with Gasteiger partial charge in [0.1, 0.15) is 6.61 Å². The fourth-order valence-corrected chi connectivity index (χ4v) is 1.98. The highest BCUT2D eigenvalue weighted by Crippen LogP contribution is 2.16. The Labute approximate surface area is 115 Å². The van der Waals surface area contributed by atoms with Gasteiger partial charge in [0.25, 0.3) is 0 Å². The fraction of sp³-hybridized carbons (Fsp3) is 0.214. The van der Waals surface area contributed by atoms with E-state index in [0.29, 0.717) is 12.5 Å². The predicted octanol–water partition coefficient (Wildman–Crippen LogP) is 3.44. The molecule has 18 heavy (non-hydrogen) atoms. The molecule has 1 atom stereocenters. The van der Waals surface area contributed by atoms with Crippen molar-refractivity contribution in [3.63, 3.8) is 0 Å². The predicted molar refractivity (Wildman–Crippen MR) is 75.3 cm³/mol. The van der Waals surface area contributed by atoms with E-state index in [-0.39, 0.29) is 6.04 Å². The summed E-state index contributed by atoms with van der Waals surface area (Å²) in [6.45, 7) is 2.43. The average molecular weight is 307 g/mol. The van der Waals surface area contributed by atoms with Crippen molar-refractivity contribution in [2.45, 2.75) is 19.6 Å². The lowest BCUT2D eigenvalue weighted by Crippen LogP contribution is -2.05. The number of pyridine rings is 1. The molecule has 0 unspecified atom stereocenters. The Balaban J connectivity index is 1.98. The lowest BCUT2D eigenvalue weighted by molar-refractivity contribution is 0.293. The van der Waals surface area contributed by atoms with Crippen molar-refractivity contribution in [3.8, 4) is 5.88 Å². The summed E-state index contributed by atoms with van der Waals surface area (Å²) in [7, 11) is 0. The van der Waals surface area contributed by atoms with Crippen molar-refractivity contribution in [3.05, 3.63) is 58.2 Å². The Morgan fingerprint density at radius 3 is 2.78 bits per heavy atom. The van der Waals surface area contributed by atoms with Crippen LogP contribution in [0.2, 0.25) is 0 Å². The standard InChI is InChI=1S/C14H15BrN2O/c1-10(16)12-5-6-14(17-8-12)18-9-11-3-2-4-13(15)7-11/h2-8,10H,9,16H2,1H3/t10-/m1/s1. The molecule has 0 aliphatic carbocycles. The van der Waals surface area contributed by atoms with E-state index in [1.54, 1.807) is 6.20 Å². The van der Waals surface area contributed by atoms with Crippen LogP contribution in [0.15, 0.2) is 47.1 Å². The van der Waals surface area contributed by atoms with Gasteiger partial charge in [-0.1, -0.05) is 34.1 Å². The summed E-state index contributed by atoms with van der Waals surface area (Å²) in [5, 5.41) is 0. The first-order valence-electron chi connectivity index (χ1n) is 5.74. The summed E-state index contributed by atoms with van der Waals surface area (Å²) in [6, 6.07) is 11.8. The van der Waals surface area contributed by atoms with Crippen LogP contribution in [0.3, 0.4) is 0 Å². The lowest BCUT2D eigenvalue weighted by atomic mass is 10.2. The van der Waals surface area contributed by atoms with Crippen LogP contribution in [0.4, 0.5) is 0 Å². The molecule has 1 heterocycles. The second kappa shape index (κ2) is 5.98. The van der Waals surface area contributed by atoms with Gasteiger partial charge >= 0.3 is 0 Å². The van der Waals surface area contributed by atoms with Gasteiger partial charge in [0.2, 0.25) is 5.88 Å². The normalized spacial score (nSPS) is 12.2. The van der Waals surface area contributed by atoms with Gasteiger partial charge in [-0.15, -0.1) is 0 Å². The molecule has 1 aromatic heterocycles. The minimum atomic E-state index is -0.00312. The van der Waals surface area contributed by atoms with E-state index in [1.165, 1.54) is 0 Å². The maximum absolute atomic E-state index is 5.76. The molecule has 2 N–H and O–H groups in total. The van der Waals surface area contributed by atoms with Crippen molar-refractivity contribution < 1.29 is 4.74 Å². The maximum atomic E-state index is 5.76. The third kappa shape index (κ3) is 3.55. The minimum Gasteiger partial charge on any atom is -0.473 e. The molecule has 94 valence electrons. The Morgan fingerprint density at radius 2 is 2.17 bits per heavy atom. The van der Waals surface area contributed by atoms with Crippen LogP contribution in [-0.2, 0) is 6.61 Å². The van der Waals surface area contributed by atoms with Gasteiger partial charge in [-0.05, 0) is 30.2 Å². The van der Waals surface area contributed by atoms with Crippen LogP contribution in [0.25, 0.3) is 0 Å². The molecule has 0 spiro atoms. The van der Waals surface area contributed by atoms with Gasteiger partial charge in [-0.25, -0.2) is 4.98 Å². The molecular formula is C14H15BrN2O. The van der Waals surface area contributed by atoms with Crippen molar-refractivity contribution in [1.29, 1.82) is 0 Å². The number of benzene rings is 1. The highest BCUT2D eigenvalue weighted by Gasteiger charge is 2.01. The van der Waals surface area contributed by atoms with E-state index in [1.807, 2.05) is 43.3 Å². The molecule has 1 aromatic carbocycles. The zero-order chi connectivity index (χ0) is 13.0. The lowest BCUT2D eigenvalue weighted by Gasteiger charge is -2.08. The summed E-state index contributed by atoms with van der Waals surface area (Å²) in [5.41, 5.74) is 7.86. The maximum Gasteiger partial charge on any atom is 0.213 e. The van der Waals surface area contributed by atoms with E-state index in [2.05, 4.69) is 20.9 Å². The number of ether oxygens (including phenoxy) is 1. The van der Waals surface area contributed by atoms with Gasteiger partial charge in [0, 0.05) is 22.8 Å². The molecule has 4 heteroatoms. The third-order valence-corrected chi connectivity index (χ3v) is 3.05. The molecule has 0 radical (unpaired) electrons. The van der Waals surface area contributed by atoms with Crippen LogP contribution < -0.4 is 10.5 Å². The Morgan fingerprint density at radius 1 is 1.33 bits per heavy atom. The second-order valence-electron chi connectivity index (χ2n) is 4.14. The van der Waals surface area contributed by atoms with E-state index >= 15 is 0 Å². The summed E-state index contributed by atoms with van der Waals surface area (Å²) < 4.78 is 6.65. The topological polar surface area (TPSA) is 48.1 Å². The van der Waals surface area contributed by atoms with Crippen molar-refractivity contribution in [1.82, 2.24) is 4.98 Å². The molecule has 0 saturated carbocycles. The molecule has 2 aromatic rings. The molecule has 2 rings (SSSR count). The molecule has 0 saturated heterocycles. The number of rotatable bonds is 4. The quantitative estimate of drug-likeness (QED) is 0.941.